The van der Waals surface area contributed by atoms with Gasteiger partial charge in [0.25, 0.3) is 11.8 Å². The summed E-state index contributed by atoms with van der Waals surface area (Å²) in [5.41, 5.74) is 7.28. The molecule has 2 aliphatic rings. The third kappa shape index (κ3) is 5.46. The van der Waals surface area contributed by atoms with Gasteiger partial charge in [-0.1, -0.05) is 19.8 Å². The van der Waals surface area contributed by atoms with Gasteiger partial charge in [0, 0.05) is 36.6 Å². The van der Waals surface area contributed by atoms with Crippen molar-refractivity contribution in [3.8, 4) is 0 Å². The van der Waals surface area contributed by atoms with Gasteiger partial charge >= 0.3 is 0 Å². The number of hydrogen-bond donors (Lipinski definition) is 2. The number of primary amides is 1. The average molecular weight is 527 g/mol. The first kappa shape index (κ1) is 26.6. The van der Waals surface area contributed by atoms with Crippen molar-refractivity contribution in [1.82, 2.24) is 9.21 Å². The Morgan fingerprint density at radius 3 is 2.29 bits per heavy atom. The van der Waals surface area contributed by atoms with E-state index in [4.69, 9.17) is 5.73 Å². The number of carbonyl (C=O) groups is 2. The van der Waals surface area contributed by atoms with Crippen LogP contribution < -0.4 is 11.1 Å². The molecule has 0 radical (unpaired) electrons. The van der Waals surface area contributed by atoms with Crippen LogP contribution >= 0.6 is 23.7 Å². The second kappa shape index (κ2) is 11.2. The number of rotatable bonds is 6. The smallest absolute Gasteiger partial charge is 0.256 e. The van der Waals surface area contributed by atoms with Gasteiger partial charge in [-0.3, -0.25) is 14.5 Å². The number of nitrogens with zero attached hydrogens (tertiary/aromatic N) is 2. The fourth-order valence-electron chi connectivity index (χ4n) is 4.46. The van der Waals surface area contributed by atoms with Gasteiger partial charge in [-0.05, 0) is 55.6 Å². The number of fused-ring (bicyclic) bond motifs is 1. The van der Waals surface area contributed by atoms with E-state index >= 15 is 0 Å². The summed E-state index contributed by atoms with van der Waals surface area (Å²) in [6.07, 6.45) is 4.53. The average Bonchev–Trinajstić information content (AvgIpc) is 2.96. The van der Waals surface area contributed by atoms with Gasteiger partial charge in [0.15, 0.2) is 0 Å². The molecule has 0 atom stereocenters. The van der Waals surface area contributed by atoms with E-state index in [9.17, 15) is 18.0 Å². The minimum Gasteiger partial charge on any atom is -0.365 e. The first-order valence-electron chi connectivity index (χ1n) is 11.4. The summed E-state index contributed by atoms with van der Waals surface area (Å²) < 4.78 is 27.5. The lowest BCUT2D eigenvalue weighted by Gasteiger charge is -2.25. The molecule has 11 heteroatoms. The predicted molar refractivity (Wildman–Crippen MR) is 136 cm³/mol. The number of sulfonamides is 1. The third-order valence-electron chi connectivity index (χ3n) is 6.38. The molecule has 2 aromatic rings. The highest BCUT2D eigenvalue weighted by molar-refractivity contribution is 7.89. The quantitative estimate of drug-likeness (QED) is 0.598. The topological polar surface area (TPSA) is 113 Å². The molecule has 1 aromatic carbocycles. The minimum atomic E-state index is -3.58. The summed E-state index contributed by atoms with van der Waals surface area (Å²) in [5.74, 6) is -0.950. The van der Waals surface area contributed by atoms with E-state index < -0.39 is 21.8 Å². The number of nitrogens with one attached hydrogen (secondary N) is 1. The second-order valence-electron chi connectivity index (χ2n) is 8.49. The Kier molecular flexibility index (Phi) is 8.75. The van der Waals surface area contributed by atoms with Gasteiger partial charge in [-0.2, -0.15) is 4.31 Å². The number of thiophene rings is 1. The number of likely N-dealkylation sites (N-methyl/N-ethyl adjacent to an activating group) is 1. The highest BCUT2D eigenvalue weighted by atomic mass is 35.5. The summed E-state index contributed by atoms with van der Waals surface area (Å²) in [4.78, 5) is 28.6. The van der Waals surface area contributed by atoms with E-state index in [2.05, 4.69) is 17.1 Å². The number of nitrogens with two attached hydrogens (primary N) is 1. The molecule has 34 heavy (non-hydrogen) atoms. The Morgan fingerprint density at radius 1 is 1.06 bits per heavy atom. The highest BCUT2D eigenvalue weighted by Crippen LogP contribution is 2.37. The lowest BCUT2D eigenvalue weighted by Crippen LogP contribution is -2.31. The number of halogens is 1. The van der Waals surface area contributed by atoms with Crippen LogP contribution in [0, 0.1) is 0 Å². The van der Waals surface area contributed by atoms with Crippen molar-refractivity contribution < 1.29 is 18.0 Å². The summed E-state index contributed by atoms with van der Waals surface area (Å²) in [6.45, 7) is 5.64. The molecule has 8 nitrogen and oxygen atoms in total. The van der Waals surface area contributed by atoms with Gasteiger partial charge in [0.2, 0.25) is 10.0 Å². The van der Waals surface area contributed by atoms with E-state index in [1.165, 1.54) is 39.9 Å². The molecular weight excluding hydrogens is 496 g/mol. The van der Waals surface area contributed by atoms with Crippen LogP contribution in [-0.4, -0.2) is 55.6 Å². The molecule has 186 valence electrons. The molecule has 2 amide bonds. The summed E-state index contributed by atoms with van der Waals surface area (Å²) in [6, 6.07) is 5.97. The molecule has 0 aliphatic carbocycles. The normalized spacial score (nSPS) is 17.3. The van der Waals surface area contributed by atoms with Gasteiger partial charge in [0.05, 0.1) is 10.5 Å². The number of carbonyl (C=O) groups excluding carboxylic acids is 2. The van der Waals surface area contributed by atoms with Crippen molar-refractivity contribution in [2.24, 2.45) is 5.73 Å². The second-order valence-corrected chi connectivity index (χ2v) is 11.5. The van der Waals surface area contributed by atoms with E-state index in [0.29, 0.717) is 29.2 Å². The standard InChI is InChI=1S/C23H30N4O4S2.ClH/c1-2-26-14-11-18-19(15-26)32-23(20(18)21(24)28)25-22(29)16-7-9-17(10-8-16)33(30,31)27-12-5-3-4-6-13-27;/h7-10H,2-6,11-15H2,1H3,(H2,24,28)(H,25,29);1H. The van der Waals surface area contributed by atoms with Crippen LogP contribution in [0.4, 0.5) is 5.00 Å². The largest absolute Gasteiger partial charge is 0.365 e. The highest BCUT2D eigenvalue weighted by Gasteiger charge is 2.28. The zero-order valence-corrected chi connectivity index (χ0v) is 21.7. The number of amides is 2. The van der Waals surface area contributed by atoms with Gasteiger partial charge in [-0.15, -0.1) is 23.7 Å². The van der Waals surface area contributed by atoms with Crippen molar-refractivity contribution in [2.75, 3.05) is 31.5 Å². The molecule has 3 N–H and O–H groups in total. The van der Waals surface area contributed by atoms with E-state index in [1.54, 1.807) is 0 Å². The van der Waals surface area contributed by atoms with Crippen molar-refractivity contribution in [2.45, 2.75) is 50.5 Å². The molecule has 1 fully saturated rings. The molecule has 4 rings (SSSR count). The molecule has 1 saturated heterocycles. The molecule has 0 saturated carbocycles. The number of hydrogen-bond acceptors (Lipinski definition) is 6. The van der Waals surface area contributed by atoms with Crippen LogP contribution in [0.1, 0.15) is 63.8 Å². The third-order valence-corrected chi connectivity index (χ3v) is 9.42. The zero-order valence-electron chi connectivity index (χ0n) is 19.2. The Balaban J connectivity index is 0.00000324. The van der Waals surface area contributed by atoms with Crippen LogP contribution in [0.25, 0.3) is 0 Å². The van der Waals surface area contributed by atoms with Crippen LogP contribution in [0.2, 0.25) is 0 Å². The van der Waals surface area contributed by atoms with Crippen molar-refractivity contribution >= 4 is 50.6 Å². The molecule has 0 bridgehead atoms. The van der Waals surface area contributed by atoms with Crippen molar-refractivity contribution in [1.29, 1.82) is 0 Å². The lowest BCUT2D eigenvalue weighted by atomic mass is 10.0. The SMILES string of the molecule is CCN1CCc2c(sc(NC(=O)c3ccc(S(=O)(=O)N4CCCCCC4)cc3)c2C(N)=O)C1.Cl. The predicted octanol–water partition coefficient (Wildman–Crippen LogP) is 3.46. The molecule has 3 heterocycles. The lowest BCUT2D eigenvalue weighted by molar-refractivity contribution is 0.1000. The van der Waals surface area contributed by atoms with Crippen molar-refractivity contribution in [3.63, 3.8) is 0 Å². The van der Waals surface area contributed by atoms with Gasteiger partial charge < -0.3 is 11.1 Å². The Labute approximate surface area is 211 Å². The van der Waals surface area contributed by atoms with Crippen LogP contribution in [0.3, 0.4) is 0 Å². The van der Waals surface area contributed by atoms with Gasteiger partial charge in [0.1, 0.15) is 5.00 Å². The van der Waals surface area contributed by atoms with Crippen LogP contribution in [0.5, 0.6) is 0 Å². The zero-order chi connectivity index (χ0) is 23.6. The van der Waals surface area contributed by atoms with E-state index in [1.807, 2.05) is 0 Å². The van der Waals surface area contributed by atoms with E-state index in [0.717, 1.165) is 62.2 Å². The minimum absolute atomic E-state index is 0. The maximum atomic E-state index is 13.0. The molecule has 1 aromatic heterocycles. The molecule has 2 aliphatic heterocycles. The molecular formula is C23H31ClN4O4S2. The summed E-state index contributed by atoms with van der Waals surface area (Å²) in [7, 11) is -3.58. The van der Waals surface area contributed by atoms with Crippen LogP contribution in [-0.2, 0) is 23.0 Å². The Morgan fingerprint density at radius 2 is 1.71 bits per heavy atom. The molecule has 0 spiro atoms. The number of anilines is 1. The first-order valence-corrected chi connectivity index (χ1v) is 13.6. The summed E-state index contributed by atoms with van der Waals surface area (Å²) in [5, 5.41) is 3.28. The maximum Gasteiger partial charge on any atom is 0.256 e. The first-order chi connectivity index (χ1) is 15.8. The fraction of sp³-hybridized carbons (Fsp3) is 0.478. The van der Waals surface area contributed by atoms with Gasteiger partial charge in [-0.25, -0.2) is 8.42 Å². The fourth-order valence-corrected chi connectivity index (χ4v) is 7.27. The maximum absolute atomic E-state index is 13.0. The Hall–Kier alpha value is -1.98. The monoisotopic (exact) mass is 526 g/mol. The van der Waals surface area contributed by atoms with Crippen LogP contribution in [0.15, 0.2) is 29.2 Å². The Bertz CT molecular complexity index is 1140. The number of benzene rings is 1. The molecule has 0 unspecified atom stereocenters. The van der Waals surface area contributed by atoms with Crippen molar-refractivity contribution in [3.05, 3.63) is 45.8 Å². The summed E-state index contributed by atoms with van der Waals surface area (Å²) >= 11 is 1.38. The van der Waals surface area contributed by atoms with E-state index in [-0.39, 0.29) is 17.3 Å².